The number of furan rings is 1. The van der Waals surface area contributed by atoms with Crippen LogP contribution in [0.5, 0.6) is 0 Å². The third-order valence-corrected chi connectivity index (χ3v) is 3.89. The van der Waals surface area contributed by atoms with Crippen molar-refractivity contribution in [2.24, 2.45) is 0 Å². The predicted molar refractivity (Wildman–Crippen MR) is 69.9 cm³/mol. The number of rotatable bonds is 4. The molecule has 19 heavy (non-hydrogen) atoms. The summed E-state index contributed by atoms with van der Waals surface area (Å²) in [6.45, 7) is 5.29. The maximum atomic E-state index is 12.1. The average Bonchev–Trinajstić information content (AvgIpc) is 2.76. The Morgan fingerprint density at radius 1 is 1.32 bits per heavy atom. The van der Waals surface area contributed by atoms with Gasteiger partial charge in [-0.1, -0.05) is 0 Å². The van der Waals surface area contributed by atoms with E-state index in [-0.39, 0.29) is 11.1 Å². The summed E-state index contributed by atoms with van der Waals surface area (Å²) < 4.78 is 31.8. The molecule has 0 aliphatic heterocycles. The van der Waals surface area contributed by atoms with Gasteiger partial charge in [0.1, 0.15) is 0 Å². The summed E-state index contributed by atoms with van der Waals surface area (Å²) >= 11 is 0. The molecule has 2 rings (SSSR count). The van der Waals surface area contributed by atoms with Crippen LogP contribution < -0.4 is 4.72 Å². The maximum absolute atomic E-state index is 12.1. The molecule has 7 heteroatoms. The Morgan fingerprint density at radius 2 is 2.05 bits per heavy atom. The van der Waals surface area contributed by atoms with E-state index in [1.54, 1.807) is 32.2 Å². The smallest absolute Gasteiger partial charge is 0.274 e. The second-order valence-corrected chi connectivity index (χ2v) is 6.03. The van der Waals surface area contributed by atoms with Crippen LogP contribution in [0, 0.1) is 6.92 Å². The van der Waals surface area contributed by atoms with E-state index in [0.29, 0.717) is 11.4 Å². The van der Waals surface area contributed by atoms with Gasteiger partial charge in [-0.05, 0) is 32.9 Å². The van der Waals surface area contributed by atoms with Gasteiger partial charge >= 0.3 is 0 Å². The van der Waals surface area contributed by atoms with Crippen LogP contribution in [0.3, 0.4) is 0 Å². The number of hydrogen-bond donors (Lipinski definition) is 1. The molecule has 0 aromatic carbocycles. The van der Waals surface area contributed by atoms with Crippen molar-refractivity contribution in [2.75, 3.05) is 0 Å². The lowest BCUT2D eigenvalue weighted by molar-refractivity contribution is 0.444. The zero-order valence-electron chi connectivity index (χ0n) is 10.9. The maximum Gasteiger partial charge on any atom is 0.274 e. The number of nitrogens with one attached hydrogen (secondary N) is 1. The molecule has 0 aliphatic rings. The Kier molecular flexibility index (Phi) is 3.68. The summed E-state index contributed by atoms with van der Waals surface area (Å²) in [5, 5.41) is -0.160. The van der Waals surface area contributed by atoms with E-state index in [4.69, 9.17) is 4.42 Å². The molecule has 0 radical (unpaired) electrons. The number of aromatic nitrogens is 2. The summed E-state index contributed by atoms with van der Waals surface area (Å²) in [5.41, 5.74) is 1.11. The quantitative estimate of drug-likeness (QED) is 0.922. The van der Waals surface area contributed by atoms with Gasteiger partial charge in [-0.25, -0.2) is 23.1 Å². The van der Waals surface area contributed by atoms with Crippen LogP contribution in [-0.2, 0) is 10.0 Å². The molecule has 0 unspecified atom stereocenters. The molecular weight excluding hydrogens is 266 g/mol. The van der Waals surface area contributed by atoms with Gasteiger partial charge in [0.05, 0.1) is 11.8 Å². The first-order valence-corrected chi connectivity index (χ1v) is 7.28. The van der Waals surface area contributed by atoms with Gasteiger partial charge < -0.3 is 4.42 Å². The Labute approximate surface area is 111 Å². The van der Waals surface area contributed by atoms with Crippen molar-refractivity contribution < 1.29 is 12.8 Å². The van der Waals surface area contributed by atoms with Gasteiger partial charge in [0, 0.05) is 17.9 Å². The molecule has 1 N–H and O–H groups in total. The molecule has 0 spiro atoms. The zero-order valence-corrected chi connectivity index (χ0v) is 11.7. The van der Waals surface area contributed by atoms with Crippen molar-refractivity contribution in [3.63, 3.8) is 0 Å². The molecule has 0 fully saturated rings. The Bertz CT molecular complexity index is 677. The highest BCUT2D eigenvalue weighted by molar-refractivity contribution is 7.89. The van der Waals surface area contributed by atoms with Gasteiger partial charge in [0.15, 0.2) is 5.82 Å². The highest BCUT2D eigenvalue weighted by Crippen LogP contribution is 2.25. The molecule has 0 bridgehead atoms. The highest BCUT2D eigenvalue weighted by atomic mass is 32.2. The Morgan fingerprint density at radius 3 is 2.68 bits per heavy atom. The van der Waals surface area contributed by atoms with Crippen LogP contribution in [-0.4, -0.2) is 24.4 Å². The van der Waals surface area contributed by atoms with Crippen molar-refractivity contribution in [3.8, 4) is 11.4 Å². The van der Waals surface area contributed by atoms with E-state index >= 15 is 0 Å². The molecule has 102 valence electrons. The molecule has 2 aromatic rings. The van der Waals surface area contributed by atoms with Gasteiger partial charge in [-0.3, -0.25) is 0 Å². The minimum Gasteiger partial charge on any atom is -0.451 e. The van der Waals surface area contributed by atoms with E-state index in [1.165, 1.54) is 6.26 Å². The second kappa shape index (κ2) is 5.10. The largest absolute Gasteiger partial charge is 0.451 e. The van der Waals surface area contributed by atoms with Gasteiger partial charge in [0.25, 0.3) is 10.0 Å². The third-order valence-electron chi connectivity index (χ3n) is 2.30. The summed E-state index contributed by atoms with van der Waals surface area (Å²) in [6.07, 6.45) is 2.90. The van der Waals surface area contributed by atoms with Crippen molar-refractivity contribution in [1.29, 1.82) is 0 Å². The Hall–Kier alpha value is -1.73. The van der Waals surface area contributed by atoms with Crippen molar-refractivity contribution in [1.82, 2.24) is 14.7 Å². The summed E-state index contributed by atoms with van der Waals surface area (Å²) in [4.78, 5) is 8.28. The van der Waals surface area contributed by atoms with Crippen LogP contribution in [0.25, 0.3) is 11.4 Å². The first-order valence-electron chi connectivity index (χ1n) is 5.80. The van der Waals surface area contributed by atoms with E-state index in [9.17, 15) is 8.42 Å². The Balaban J connectivity index is 2.49. The van der Waals surface area contributed by atoms with E-state index in [0.717, 1.165) is 5.69 Å². The van der Waals surface area contributed by atoms with Crippen LogP contribution in [0.4, 0.5) is 0 Å². The van der Waals surface area contributed by atoms with E-state index < -0.39 is 10.0 Å². The lowest BCUT2D eigenvalue weighted by Crippen LogP contribution is -2.30. The number of nitrogens with zero attached hydrogens (tertiary/aromatic N) is 2. The molecule has 0 saturated heterocycles. The molecule has 0 atom stereocenters. The van der Waals surface area contributed by atoms with Crippen molar-refractivity contribution in [2.45, 2.75) is 31.9 Å². The van der Waals surface area contributed by atoms with E-state index in [1.807, 2.05) is 6.92 Å². The molecule has 2 aromatic heterocycles. The number of aryl methyl sites for hydroxylation is 1. The monoisotopic (exact) mass is 281 g/mol. The summed E-state index contributed by atoms with van der Waals surface area (Å²) in [5.74, 6) is 0.331. The molecular formula is C12H15N3O3S. The zero-order chi connectivity index (χ0) is 14.0. The predicted octanol–water partition coefficient (Wildman–Crippen LogP) is 1.73. The summed E-state index contributed by atoms with van der Waals surface area (Å²) in [7, 11) is -3.70. The van der Waals surface area contributed by atoms with Crippen molar-refractivity contribution >= 4 is 10.0 Å². The molecule has 0 aliphatic carbocycles. The second-order valence-electron chi connectivity index (χ2n) is 4.42. The number of sulfonamides is 1. The van der Waals surface area contributed by atoms with Gasteiger partial charge in [-0.2, -0.15) is 0 Å². The third kappa shape index (κ3) is 2.99. The van der Waals surface area contributed by atoms with E-state index in [2.05, 4.69) is 14.7 Å². The first-order chi connectivity index (χ1) is 8.90. The first kappa shape index (κ1) is 13.7. The summed E-state index contributed by atoms with van der Waals surface area (Å²) in [6, 6.07) is 3.06. The fraction of sp³-hybridized carbons (Fsp3) is 0.333. The standard InChI is InChI=1S/C12H15N3O3S/c1-8(2)15-19(16,17)12-10(5-7-18-12)11-13-6-4-9(3)14-11/h4-8,15H,1-3H3. The topological polar surface area (TPSA) is 85.1 Å². The molecule has 0 amide bonds. The van der Waals surface area contributed by atoms with Gasteiger partial charge in [-0.15, -0.1) is 0 Å². The van der Waals surface area contributed by atoms with Crippen LogP contribution >= 0.6 is 0 Å². The fourth-order valence-electron chi connectivity index (χ4n) is 1.61. The van der Waals surface area contributed by atoms with Crippen LogP contribution in [0.2, 0.25) is 0 Å². The minimum absolute atomic E-state index is 0.160. The lowest BCUT2D eigenvalue weighted by Gasteiger charge is -2.08. The van der Waals surface area contributed by atoms with Crippen molar-refractivity contribution in [3.05, 3.63) is 30.3 Å². The van der Waals surface area contributed by atoms with Crippen LogP contribution in [0.15, 0.2) is 34.1 Å². The fourth-order valence-corrected chi connectivity index (χ4v) is 2.97. The van der Waals surface area contributed by atoms with Gasteiger partial charge in [0.2, 0.25) is 5.09 Å². The molecule has 6 nitrogen and oxygen atoms in total. The molecule has 2 heterocycles. The van der Waals surface area contributed by atoms with Crippen LogP contribution in [0.1, 0.15) is 19.5 Å². The molecule has 0 saturated carbocycles. The number of hydrogen-bond acceptors (Lipinski definition) is 5. The lowest BCUT2D eigenvalue weighted by atomic mass is 10.3. The minimum atomic E-state index is -3.70. The average molecular weight is 281 g/mol. The normalized spacial score (nSPS) is 12.0. The highest BCUT2D eigenvalue weighted by Gasteiger charge is 2.25. The SMILES string of the molecule is Cc1ccnc(-c2ccoc2S(=O)(=O)NC(C)C)n1.